The minimum absolute atomic E-state index is 0.101. The molecule has 0 saturated heterocycles. The van der Waals surface area contributed by atoms with Crippen LogP contribution in [0.15, 0.2) is 5.03 Å². The molecule has 0 bridgehead atoms. The number of rotatable bonds is 5. The quantitative estimate of drug-likeness (QED) is 0.356. The third-order valence-corrected chi connectivity index (χ3v) is 3.01. The number of hydrogen-bond donors (Lipinski definition) is 2. The van der Waals surface area contributed by atoms with E-state index >= 15 is 0 Å². The monoisotopic (exact) mass is 251 g/mol. The molecule has 84 valence electrons. The van der Waals surface area contributed by atoms with Crippen LogP contribution in [0, 0.1) is 17.0 Å². The Morgan fingerprint density at radius 3 is 3.00 bits per heavy atom. The maximum absolute atomic E-state index is 10.6. The second-order valence-electron chi connectivity index (χ2n) is 2.85. The molecule has 8 heteroatoms. The maximum Gasteiger partial charge on any atom is 0.354 e. The van der Waals surface area contributed by atoms with Gasteiger partial charge in [-0.15, -0.1) is 11.6 Å². The number of halogens is 1. The van der Waals surface area contributed by atoms with Crippen molar-refractivity contribution in [1.82, 2.24) is 9.97 Å². The molecular formula is C7H10ClN3O3S. The molecule has 0 aromatic carbocycles. The Labute approximate surface area is 95.2 Å². The number of nitrogens with zero attached hydrogens (tertiary/aromatic N) is 2. The maximum atomic E-state index is 10.6. The van der Waals surface area contributed by atoms with Crippen LogP contribution in [-0.2, 0) is 0 Å². The molecule has 0 saturated carbocycles. The largest absolute Gasteiger partial charge is 0.391 e. The smallest absolute Gasteiger partial charge is 0.354 e. The van der Waals surface area contributed by atoms with E-state index in [9.17, 15) is 15.2 Å². The average molecular weight is 252 g/mol. The lowest BCUT2D eigenvalue weighted by Crippen LogP contribution is -2.11. The number of hydrogen-bond acceptors (Lipinski definition) is 5. The fourth-order valence-corrected chi connectivity index (χ4v) is 2.07. The van der Waals surface area contributed by atoms with E-state index in [1.807, 2.05) is 0 Å². The summed E-state index contributed by atoms with van der Waals surface area (Å²) in [6.07, 6.45) is -0.687. The SMILES string of the molecule is Cc1nc(SC[C@@H](O)CCl)c([N+](=O)[O-])[nH]1. The fourth-order valence-electron chi connectivity index (χ4n) is 0.902. The Hall–Kier alpha value is -0.790. The summed E-state index contributed by atoms with van der Waals surface area (Å²) >= 11 is 6.51. The number of aliphatic hydroxyl groups is 1. The van der Waals surface area contributed by atoms with Crippen LogP contribution in [0.4, 0.5) is 5.82 Å². The second-order valence-corrected chi connectivity index (χ2v) is 4.17. The van der Waals surface area contributed by atoms with Gasteiger partial charge in [0.15, 0.2) is 10.9 Å². The fraction of sp³-hybridized carbons (Fsp3) is 0.571. The Morgan fingerprint density at radius 2 is 2.47 bits per heavy atom. The Balaban J connectivity index is 2.71. The number of aromatic amines is 1. The first-order valence-corrected chi connectivity index (χ1v) is 5.64. The van der Waals surface area contributed by atoms with Crippen molar-refractivity contribution in [3.63, 3.8) is 0 Å². The van der Waals surface area contributed by atoms with E-state index in [2.05, 4.69) is 9.97 Å². The summed E-state index contributed by atoms with van der Waals surface area (Å²) in [5.74, 6) is 0.725. The van der Waals surface area contributed by atoms with Gasteiger partial charge in [-0.3, -0.25) is 0 Å². The molecule has 15 heavy (non-hydrogen) atoms. The Kier molecular flexibility index (Phi) is 4.37. The summed E-state index contributed by atoms with van der Waals surface area (Å²) in [5.41, 5.74) is 0. The van der Waals surface area contributed by atoms with Crippen LogP contribution in [0.3, 0.4) is 0 Å². The van der Waals surface area contributed by atoms with Crippen molar-refractivity contribution in [3.05, 3.63) is 15.9 Å². The predicted molar refractivity (Wildman–Crippen MR) is 57.4 cm³/mol. The number of nitrogens with one attached hydrogen (secondary N) is 1. The number of aliphatic hydroxyl groups excluding tert-OH is 1. The third-order valence-electron chi connectivity index (χ3n) is 1.54. The van der Waals surface area contributed by atoms with Crippen LogP contribution in [0.25, 0.3) is 0 Å². The molecule has 1 aromatic rings. The van der Waals surface area contributed by atoms with Crippen molar-refractivity contribution in [1.29, 1.82) is 0 Å². The van der Waals surface area contributed by atoms with E-state index in [1.165, 1.54) is 0 Å². The molecule has 0 amide bonds. The van der Waals surface area contributed by atoms with Gasteiger partial charge in [0.05, 0.1) is 6.10 Å². The third kappa shape index (κ3) is 3.37. The highest BCUT2D eigenvalue weighted by Crippen LogP contribution is 2.26. The van der Waals surface area contributed by atoms with Crippen molar-refractivity contribution < 1.29 is 10.0 Å². The van der Waals surface area contributed by atoms with Gasteiger partial charge >= 0.3 is 5.82 Å². The predicted octanol–water partition coefficient (Wildman–Crippen LogP) is 1.32. The van der Waals surface area contributed by atoms with Crippen molar-refractivity contribution >= 4 is 29.2 Å². The van der Waals surface area contributed by atoms with Crippen LogP contribution in [0.5, 0.6) is 0 Å². The summed E-state index contributed by atoms with van der Waals surface area (Å²) in [4.78, 5) is 16.5. The zero-order chi connectivity index (χ0) is 11.4. The highest BCUT2D eigenvalue weighted by molar-refractivity contribution is 7.99. The Bertz CT molecular complexity index is 357. The molecule has 0 aliphatic heterocycles. The van der Waals surface area contributed by atoms with E-state index in [0.29, 0.717) is 5.82 Å². The molecular weight excluding hydrogens is 242 g/mol. The number of H-pyrrole nitrogens is 1. The Morgan fingerprint density at radius 1 is 1.80 bits per heavy atom. The van der Waals surface area contributed by atoms with Crippen molar-refractivity contribution in [2.75, 3.05) is 11.6 Å². The lowest BCUT2D eigenvalue weighted by Gasteiger charge is -2.03. The van der Waals surface area contributed by atoms with Gasteiger partial charge in [0.25, 0.3) is 0 Å². The van der Waals surface area contributed by atoms with Crippen LogP contribution in [0.2, 0.25) is 0 Å². The lowest BCUT2D eigenvalue weighted by molar-refractivity contribution is -0.392. The first-order valence-electron chi connectivity index (χ1n) is 4.12. The van der Waals surface area contributed by atoms with Crippen LogP contribution in [0.1, 0.15) is 5.82 Å². The number of thioether (sulfide) groups is 1. The molecule has 0 unspecified atom stereocenters. The molecule has 0 aliphatic carbocycles. The number of imidazole rings is 1. The van der Waals surface area contributed by atoms with Gasteiger partial charge in [-0.05, 0) is 4.92 Å². The molecule has 1 heterocycles. The first kappa shape index (κ1) is 12.3. The molecule has 1 atom stereocenters. The van der Waals surface area contributed by atoms with Gasteiger partial charge in [-0.2, -0.15) is 4.98 Å². The molecule has 0 radical (unpaired) electrons. The first-order chi connectivity index (χ1) is 7.04. The minimum atomic E-state index is -0.687. The van der Waals surface area contributed by atoms with Crippen molar-refractivity contribution in [3.8, 4) is 0 Å². The average Bonchev–Trinajstić information content (AvgIpc) is 2.56. The lowest BCUT2D eigenvalue weighted by atomic mass is 10.5. The molecule has 6 nitrogen and oxygen atoms in total. The van der Waals surface area contributed by atoms with Gasteiger partial charge in [0.2, 0.25) is 0 Å². The summed E-state index contributed by atoms with van der Waals surface area (Å²) in [7, 11) is 0. The zero-order valence-electron chi connectivity index (χ0n) is 7.94. The molecule has 0 aliphatic rings. The number of nitro groups is 1. The van der Waals surface area contributed by atoms with Gasteiger partial charge in [-0.25, -0.2) is 4.98 Å². The van der Waals surface area contributed by atoms with Gasteiger partial charge < -0.3 is 15.2 Å². The summed E-state index contributed by atoms with van der Waals surface area (Å²) < 4.78 is 0. The van der Waals surface area contributed by atoms with E-state index in [-0.39, 0.29) is 22.5 Å². The summed E-state index contributed by atoms with van der Waals surface area (Å²) in [6, 6.07) is 0. The molecule has 1 aromatic heterocycles. The van der Waals surface area contributed by atoms with Crippen LogP contribution in [-0.4, -0.2) is 37.7 Å². The molecule has 1 rings (SSSR count). The molecule has 0 fully saturated rings. The number of alkyl halides is 1. The van der Waals surface area contributed by atoms with Gasteiger partial charge in [-0.1, -0.05) is 11.8 Å². The second kappa shape index (κ2) is 5.34. The summed E-state index contributed by atoms with van der Waals surface area (Å²) in [5, 5.41) is 20.1. The van der Waals surface area contributed by atoms with Crippen LogP contribution >= 0.6 is 23.4 Å². The normalized spacial score (nSPS) is 12.7. The van der Waals surface area contributed by atoms with E-state index in [1.54, 1.807) is 6.92 Å². The van der Waals surface area contributed by atoms with Gasteiger partial charge in [0, 0.05) is 18.6 Å². The van der Waals surface area contributed by atoms with Crippen LogP contribution < -0.4 is 0 Å². The zero-order valence-corrected chi connectivity index (χ0v) is 9.51. The van der Waals surface area contributed by atoms with E-state index in [4.69, 9.17) is 11.6 Å². The van der Waals surface area contributed by atoms with E-state index in [0.717, 1.165) is 11.8 Å². The highest BCUT2D eigenvalue weighted by Gasteiger charge is 2.19. The van der Waals surface area contributed by atoms with E-state index < -0.39 is 11.0 Å². The minimum Gasteiger partial charge on any atom is -0.391 e. The molecule has 0 spiro atoms. The van der Waals surface area contributed by atoms with Crippen molar-refractivity contribution in [2.24, 2.45) is 0 Å². The topological polar surface area (TPSA) is 92.1 Å². The number of aromatic nitrogens is 2. The number of aryl methyl sites for hydroxylation is 1. The van der Waals surface area contributed by atoms with Gasteiger partial charge in [0.1, 0.15) is 0 Å². The summed E-state index contributed by atoms with van der Waals surface area (Å²) in [6.45, 7) is 1.63. The standard InChI is InChI=1S/C7H10ClN3O3S/c1-4-9-6(11(13)14)7(10-4)15-3-5(12)2-8/h5,12H,2-3H2,1H3,(H,9,10)/t5-/m0/s1. The molecule has 2 N–H and O–H groups in total. The highest BCUT2D eigenvalue weighted by atomic mass is 35.5. The van der Waals surface area contributed by atoms with Crippen molar-refractivity contribution in [2.45, 2.75) is 18.1 Å².